The van der Waals surface area contributed by atoms with E-state index in [0.29, 0.717) is 25.2 Å². The Morgan fingerprint density at radius 1 is 1.61 bits per heavy atom. The van der Waals surface area contributed by atoms with Gasteiger partial charge in [0.15, 0.2) is 0 Å². The van der Waals surface area contributed by atoms with E-state index in [1.165, 1.54) is 0 Å². The molecule has 1 aliphatic heterocycles. The average molecular weight is 267 g/mol. The van der Waals surface area contributed by atoms with Crippen LogP contribution in [0.4, 0.5) is 0 Å². The molecule has 6 nitrogen and oxygen atoms in total. The molecule has 0 aliphatic carbocycles. The summed E-state index contributed by atoms with van der Waals surface area (Å²) in [7, 11) is -3.93. The number of nitriles is 1. The highest BCUT2D eigenvalue weighted by Gasteiger charge is 2.36. The Kier molecular flexibility index (Phi) is 3.34. The van der Waals surface area contributed by atoms with Crippen molar-refractivity contribution >= 4 is 10.1 Å². The quantitative estimate of drug-likeness (QED) is 0.793. The number of hydrogen-bond donors (Lipinski definition) is 1. The molecular weight excluding hydrogens is 254 g/mol. The van der Waals surface area contributed by atoms with E-state index in [4.69, 9.17) is 9.81 Å². The molecule has 0 aromatic carbocycles. The zero-order valence-corrected chi connectivity index (χ0v) is 10.7. The summed E-state index contributed by atoms with van der Waals surface area (Å²) < 4.78 is 30.5. The average Bonchev–Trinajstić information content (AvgIpc) is 2.23. The maximum Gasteiger partial charge on any atom is 0.270 e. The van der Waals surface area contributed by atoms with Gasteiger partial charge in [-0.2, -0.15) is 13.7 Å². The zero-order valence-electron chi connectivity index (χ0n) is 9.87. The van der Waals surface area contributed by atoms with Crippen LogP contribution in [0.1, 0.15) is 16.8 Å². The van der Waals surface area contributed by atoms with Gasteiger partial charge in [0, 0.05) is 25.8 Å². The Hall–Kier alpha value is -1.49. The first-order chi connectivity index (χ1) is 8.40. The van der Waals surface area contributed by atoms with Crippen LogP contribution in [-0.2, 0) is 16.7 Å². The van der Waals surface area contributed by atoms with Crippen LogP contribution in [0.25, 0.3) is 0 Å². The van der Waals surface area contributed by atoms with Gasteiger partial charge in [0.25, 0.3) is 10.1 Å². The summed E-state index contributed by atoms with van der Waals surface area (Å²) >= 11 is 0. The van der Waals surface area contributed by atoms with E-state index in [1.807, 2.05) is 11.8 Å². The summed E-state index contributed by atoms with van der Waals surface area (Å²) in [6.07, 6.45) is 1.63. The normalized spacial score (nSPS) is 17.2. The van der Waals surface area contributed by atoms with Gasteiger partial charge in [-0.1, -0.05) is 0 Å². The van der Waals surface area contributed by atoms with Gasteiger partial charge in [0.2, 0.25) is 0 Å². The fourth-order valence-electron chi connectivity index (χ4n) is 1.84. The molecule has 0 bridgehead atoms. The van der Waals surface area contributed by atoms with Crippen LogP contribution in [-0.4, -0.2) is 41.2 Å². The fraction of sp³-hybridized carbons (Fsp3) is 0.455. The number of aromatic nitrogens is 1. The molecular formula is C11H13N3O3S. The molecule has 1 fully saturated rings. The predicted molar refractivity (Wildman–Crippen MR) is 64.3 cm³/mol. The Morgan fingerprint density at radius 2 is 2.28 bits per heavy atom. The molecule has 7 heteroatoms. The standard InChI is InChI=1S/C11H13N3O3S/c1-8-4-13-10(2-9(8)3-12)5-14-6-11(7-14)18(15,16)17/h2,4,11H,5-7H2,1H3,(H,15,16,17). The largest absolute Gasteiger partial charge is 0.295 e. The first-order valence-corrected chi connectivity index (χ1v) is 6.95. The molecule has 1 N–H and O–H groups in total. The molecule has 0 amide bonds. The maximum atomic E-state index is 10.8. The third kappa shape index (κ3) is 2.67. The van der Waals surface area contributed by atoms with Crippen molar-refractivity contribution in [1.82, 2.24) is 9.88 Å². The lowest BCUT2D eigenvalue weighted by Crippen LogP contribution is -2.53. The van der Waals surface area contributed by atoms with Crippen LogP contribution in [0, 0.1) is 18.3 Å². The van der Waals surface area contributed by atoms with Crippen LogP contribution in [0.3, 0.4) is 0 Å². The molecule has 2 rings (SSSR count). The minimum absolute atomic E-state index is 0.302. The highest BCUT2D eigenvalue weighted by atomic mass is 32.2. The van der Waals surface area contributed by atoms with Gasteiger partial charge < -0.3 is 0 Å². The van der Waals surface area contributed by atoms with Crippen LogP contribution in [0.2, 0.25) is 0 Å². The number of pyridine rings is 1. The highest BCUT2D eigenvalue weighted by Crippen LogP contribution is 2.18. The smallest absolute Gasteiger partial charge is 0.270 e. The molecule has 1 saturated heterocycles. The van der Waals surface area contributed by atoms with E-state index in [2.05, 4.69) is 11.1 Å². The Labute approximate surface area is 106 Å². The Bertz CT molecular complexity index is 600. The lowest BCUT2D eigenvalue weighted by atomic mass is 10.1. The predicted octanol–water partition coefficient (Wildman–Crippen LogP) is 0.334. The van der Waals surface area contributed by atoms with Crippen molar-refractivity contribution in [3.63, 3.8) is 0 Å². The van der Waals surface area contributed by atoms with E-state index in [9.17, 15) is 8.42 Å². The second-order valence-electron chi connectivity index (χ2n) is 4.43. The highest BCUT2D eigenvalue weighted by molar-refractivity contribution is 7.86. The lowest BCUT2D eigenvalue weighted by molar-refractivity contribution is 0.168. The van der Waals surface area contributed by atoms with E-state index in [-0.39, 0.29) is 0 Å². The van der Waals surface area contributed by atoms with Crippen molar-refractivity contribution in [1.29, 1.82) is 5.26 Å². The topological polar surface area (TPSA) is 94.3 Å². The number of likely N-dealkylation sites (tertiary alicyclic amines) is 1. The first kappa shape index (κ1) is 13.0. The van der Waals surface area contributed by atoms with Crippen molar-refractivity contribution in [2.75, 3.05) is 13.1 Å². The van der Waals surface area contributed by atoms with Gasteiger partial charge in [-0.3, -0.25) is 14.4 Å². The molecule has 1 aromatic rings. The third-order valence-corrected chi connectivity index (χ3v) is 4.15. The Balaban J connectivity index is 1.99. The third-order valence-electron chi connectivity index (χ3n) is 3.01. The van der Waals surface area contributed by atoms with Crippen molar-refractivity contribution in [2.45, 2.75) is 18.7 Å². The van der Waals surface area contributed by atoms with Crippen LogP contribution < -0.4 is 0 Å². The molecule has 0 spiro atoms. The first-order valence-electron chi connectivity index (χ1n) is 5.44. The van der Waals surface area contributed by atoms with Crippen molar-refractivity contribution < 1.29 is 13.0 Å². The van der Waals surface area contributed by atoms with E-state index in [1.54, 1.807) is 12.3 Å². The van der Waals surface area contributed by atoms with E-state index in [0.717, 1.165) is 11.3 Å². The minimum atomic E-state index is -3.93. The summed E-state index contributed by atoms with van der Waals surface area (Å²) in [5.41, 5.74) is 2.12. The minimum Gasteiger partial charge on any atom is -0.295 e. The van der Waals surface area contributed by atoms with E-state index < -0.39 is 15.4 Å². The van der Waals surface area contributed by atoms with Gasteiger partial charge in [-0.05, 0) is 18.6 Å². The van der Waals surface area contributed by atoms with Crippen LogP contribution in [0.15, 0.2) is 12.3 Å². The molecule has 2 heterocycles. The number of aryl methyl sites for hydroxylation is 1. The Morgan fingerprint density at radius 3 is 2.83 bits per heavy atom. The van der Waals surface area contributed by atoms with Crippen molar-refractivity contribution in [3.05, 3.63) is 29.1 Å². The van der Waals surface area contributed by atoms with Gasteiger partial charge >= 0.3 is 0 Å². The summed E-state index contributed by atoms with van der Waals surface area (Å²) in [4.78, 5) is 6.05. The van der Waals surface area contributed by atoms with Gasteiger partial charge in [-0.25, -0.2) is 0 Å². The number of hydrogen-bond acceptors (Lipinski definition) is 5. The molecule has 0 radical (unpaired) electrons. The van der Waals surface area contributed by atoms with E-state index >= 15 is 0 Å². The molecule has 1 aromatic heterocycles. The second kappa shape index (κ2) is 4.65. The zero-order chi connectivity index (χ0) is 13.3. The summed E-state index contributed by atoms with van der Waals surface area (Å²) in [5.74, 6) is 0. The van der Waals surface area contributed by atoms with Crippen LogP contribution >= 0.6 is 0 Å². The molecule has 0 atom stereocenters. The van der Waals surface area contributed by atoms with Crippen molar-refractivity contribution in [2.24, 2.45) is 0 Å². The molecule has 96 valence electrons. The van der Waals surface area contributed by atoms with Crippen LogP contribution in [0.5, 0.6) is 0 Å². The SMILES string of the molecule is Cc1cnc(CN2CC(S(=O)(=O)O)C2)cc1C#N. The monoisotopic (exact) mass is 267 g/mol. The van der Waals surface area contributed by atoms with Crippen molar-refractivity contribution in [3.8, 4) is 6.07 Å². The summed E-state index contributed by atoms with van der Waals surface area (Å²) in [6, 6.07) is 3.79. The summed E-state index contributed by atoms with van der Waals surface area (Å²) in [5, 5.41) is 8.20. The fourth-order valence-corrected chi connectivity index (χ4v) is 2.64. The molecule has 1 aliphatic rings. The maximum absolute atomic E-state index is 10.8. The lowest BCUT2D eigenvalue weighted by Gasteiger charge is -2.36. The molecule has 0 unspecified atom stereocenters. The number of nitrogens with zero attached hydrogens (tertiary/aromatic N) is 3. The van der Waals surface area contributed by atoms with Gasteiger partial charge in [0.05, 0.1) is 17.3 Å². The number of rotatable bonds is 3. The summed E-state index contributed by atoms with van der Waals surface area (Å²) in [6.45, 7) is 2.90. The second-order valence-corrected chi connectivity index (χ2v) is 6.13. The van der Waals surface area contributed by atoms with Gasteiger partial charge in [0.1, 0.15) is 5.25 Å². The molecule has 0 saturated carbocycles. The van der Waals surface area contributed by atoms with Gasteiger partial charge in [-0.15, -0.1) is 0 Å². The molecule has 18 heavy (non-hydrogen) atoms.